The molecule has 0 radical (unpaired) electrons. The van der Waals surface area contributed by atoms with Gasteiger partial charge in [0.05, 0.1) is 16.1 Å². The van der Waals surface area contributed by atoms with Gasteiger partial charge >= 0.3 is 12.1 Å². The molecule has 5 nitrogen and oxygen atoms in total. The van der Waals surface area contributed by atoms with Crippen LogP contribution in [-0.2, 0) is 11.3 Å². The highest BCUT2D eigenvalue weighted by Gasteiger charge is 2.29. The summed E-state index contributed by atoms with van der Waals surface area (Å²) >= 11 is 1.32. The van der Waals surface area contributed by atoms with E-state index < -0.39 is 18.8 Å². The van der Waals surface area contributed by atoms with Crippen LogP contribution in [0.5, 0.6) is 5.75 Å². The highest BCUT2D eigenvalue weighted by atomic mass is 32.1. The molecule has 0 spiro atoms. The second kappa shape index (κ2) is 6.73. The zero-order chi connectivity index (χ0) is 16.2. The van der Waals surface area contributed by atoms with Crippen molar-refractivity contribution in [1.29, 1.82) is 0 Å². The molecule has 0 aliphatic rings. The fourth-order valence-corrected chi connectivity index (χ4v) is 2.17. The molecule has 9 heteroatoms. The molecule has 2 aromatic rings. The molecule has 0 saturated carbocycles. The number of hydrogen-bond donors (Lipinski definition) is 0. The summed E-state index contributed by atoms with van der Waals surface area (Å²) in [6.07, 6.45) is -3.23. The molecule has 22 heavy (non-hydrogen) atoms. The lowest BCUT2D eigenvalue weighted by Gasteiger charge is -2.11. The Kier molecular flexibility index (Phi) is 4.96. The van der Waals surface area contributed by atoms with E-state index in [2.05, 4.69) is 14.7 Å². The van der Waals surface area contributed by atoms with Crippen molar-refractivity contribution >= 4 is 17.3 Å². The van der Waals surface area contributed by atoms with Crippen molar-refractivity contribution in [3.05, 3.63) is 40.1 Å². The smallest absolute Gasteiger partial charge is 0.422 e. The number of aryl methyl sites for hydroxylation is 1. The Bertz CT molecular complexity index is 658. The van der Waals surface area contributed by atoms with Gasteiger partial charge in [-0.2, -0.15) is 13.2 Å². The maximum absolute atomic E-state index is 12.2. The summed E-state index contributed by atoms with van der Waals surface area (Å²) in [5.74, 6) is -1.13. The van der Waals surface area contributed by atoms with E-state index in [4.69, 9.17) is 4.74 Å². The predicted octanol–water partition coefficient (Wildman–Crippen LogP) is 3.14. The molecular weight excluding hydrogens is 321 g/mol. The first-order valence-electron chi connectivity index (χ1n) is 6.07. The van der Waals surface area contributed by atoms with E-state index in [1.807, 2.05) is 0 Å². The van der Waals surface area contributed by atoms with Crippen molar-refractivity contribution in [2.75, 3.05) is 6.61 Å². The van der Waals surface area contributed by atoms with Gasteiger partial charge in [0.25, 0.3) is 0 Å². The van der Waals surface area contributed by atoms with Crippen molar-refractivity contribution in [2.45, 2.75) is 19.7 Å². The van der Waals surface area contributed by atoms with Crippen LogP contribution < -0.4 is 4.74 Å². The van der Waals surface area contributed by atoms with Crippen LogP contribution in [0.2, 0.25) is 0 Å². The summed E-state index contributed by atoms with van der Waals surface area (Å²) in [5.41, 5.74) is 2.04. The molecule has 0 N–H and O–H groups in total. The van der Waals surface area contributed by atoms with E-state index in [1.165, 1.54) is 29.7 Å². The van der Waals surface area contributed by atoms with Crippen LogP contribution in [0.1, 0.15) is 21.1 Å². The lowest BCUT2D eigenvalue weighted by Crippen LogP contribution is -2.20. The monoisotopic (exact) mass is 332 g/mol. The van der Waals surface area contributed by atoms with Crippen molar-refractivity contribution in [3.8, 4) is 5.75 Å². The van der Waals surface area contributed by atoms with Gasteiger partial charge in [-0.05, 0) is 19.1 Å². The SMILES string of the molecule is Cc1ncsc1COC(=O)c1ncccc1OCC(F)(F)F. The quantitative estimate of drug-likeness (QED) is 0.787. The molecule has 0 aromatic carbocycles. The number of alkyl halides is 3. The van der Waals surface area contributed by atoms with Crippen molar-refractivity contribution in [3.63, 3.8) is 0 Å². The van der Waals surface area contributed by atoms with Crippen molar-refractivity contribution in [1.82, 2.24) is 9.97 Å². The van der Waals surface area contributed by atoms with Crippen LogP contribution in [0.25, 0.3) is 0 Å². The van der Waals surface area contributed by atoms with E-state index in [1.54, 1.807) is 12.4 Å². The maximum atomic E-state index is 12.2. The number of carbonyl (C=O) groups excluding carboxylic acids is 1. The second-order valence-electron chi connectivity index (χ2n) is 4.19. The highest BCUT2D eigenvalue weighted by Crippen LogP contribution is 2.22. The second-order valence-corrected chi connectivity index (χ2v) is 5.13. The summed E-state index contributed by atoms with van der Waals surface area (Å²) < 4.78 is 46.2. The summed E-state index contributed by atoms with van der Waals surface area (Å²) in [5, 5.41) is 0. The normalized spacial score (nSPS) is 11.3. The lowest BCUT2D eigenvalue weighted by atomic mass is 10.3. The van der Waals surface area contributed by atoms with Crippen molar-refractivity contribution < 1.29 is 27.4 Å². The molecule has 0 fully saturated rings. The van der Waals surface area contributed by atoms with Crippen molar-refractivity contribution in [2.24, 2.45) is 0 Å². The summed E-state index contributed by atoms with van der Waals surface area (Å²) in [4.78, 5) is 20.4. The van der Waals surface area contributed by atoms with Crippen LogP contribution in [-0.4, -0.2) is 28.7 Å². The van der Waals surface area contributed by atoms with E-state index in [0.717, 1.165) is 10.6 Å². The maximum Gasteiger partial charge on any atom is 0.422 e. The van der Waals surface area contributed by atoms with Gasteiger partial charge in [0.2, 0.25) is 0 Å². The molecule has 0 bridgehead atoms. The number of aromatic nitrogens is 2. The average molecular weight is 332 g/mol. The molecule has 118 valence electrons. The number of rotatable bonds is 5. The van der Waals surface area contributed by atoms with E-state index in [0.29, 0.717) is 0 Å². The number of carbonyl (C=O) groups is 1. The van der Waals surface area contributed by atoms with Gasteiger partial charge in [0.15, 0.2) is 18.1 Å². The molecular formula is C13H11F3N2O3S. The van der Waals surface area contributed by atoms with Gasteiger partial charge in [-0.3, -0.25) is 0 Å². The minimum Gasteiger partial charge on any atom is -0.482 e. The molecule has 2 heterocycles. The molecule has 2 aromatic heterocycles. The van der Waals surface area contributed by atoms with Gasteiger partial charge < -0.3 is 9.47 Å². The van der Waals surface area contributed by atoms with Gasteiger partial charge in [-0.1, -0.05) is 0 Å². The van der Waals surface area contributed by atoms with E-state index in [9.17, 15) is 18.0 Å². The Balaban J connectivity index is 2.04. The molecule has 2 rings (SSSR count). The third-order valence-corrected chi connectivity index (χ3v) is 3.44. The molecule has 0 unspecified atom stereocenters. The zero-order valence-corrected chi connectivity index (χ0v) is 12.2. The average Bonchev–Trinajstić information content (AvgIpc) is 2.87. The van der Waals surface area contributed by atoms with E-state index >= 15 is 0 Å². The number of hydrogen-bond acceptors (Lipinski definition) is 6. The Morgan fingerprint density at radius 2 is 2.14 bits per heavy atom. The number of pyridine rings is 1. The Hall–Kier alpha value is -2.16. The number of halogens is 3. The molecule has 0 atom stereocenters. The van der Waals surface area contributed by atoms with Crippen LogP contribution in [0.4, 0.5) is 13.2 Å². The van der Waals surface area contributed by atoms with Gasteiger partial charge in [0.1, 0.15) is 6.61 Å². The number of ether oxygens (including phenoxy) is 2. The number of thiazole rings is 1. The highest BCUT2D eigenvalue weighted by molar-refractivity contribution is 7.09. The number of nitrogens with zero attached hydrogens (tertiary/aromatic N) is 2. The zero-order valence-electron chi connectivity index (χ0n) is 11.4. The standard InChI is InChI=1S/C13H11F3N2O3S/c1-8-10(22-7-18-8)5-20-12(19)11-9(3-2-4-17-11)21-6-13(14,15)16/h2-4,7H,5-6H2,1H3. The van der Waals surface area contributed by atoms with Crippen LogP contribution in [0, 0.1) is 6.92 Å². The van der Waals surface area contributed by atoms with E-state index in [-0.39, 0.29) is 18.1 Å². The Morgan fingerprint density at radius 3 is 2.77 bits per heavy atom. The third-order valence-electron chi connectivity index (χ3n) is 2.53. The molecule has 0 aliphatic heterocycles. The minimum absolute atomic E-state index is 0.0232. The Labute approximate surface area is 127 Å². The fourth-order valence-electron chi connectivity index (χ4n) is 1.48. The molecule has 0 saturated heterocycles. The largest absolute Gasteiger partial charge is 0.482 e. The summed E-state index contributed by atoms with van der Waals surface area (Å²) in [6, 6.07) is 2.60. The molecule has 0 aliphatic carbocycles. The van der Waals surface area contributed by atoms with Crippen LogP contribution in [0.15, 0.2) is 23.8 Å². The lowest BCUT2D eigenvalue weighted by molar-refractivity contribution is -0.153. The van der Waals surface area contributed by atoms with Crippen LogP contribution >= 0.6 is 11.3 Å². The predicted molar refractivity (Wildman–Crippen MR) is 71.8 cm³/mol. The topological polar surface area (TPSA) is 61.3 Å². The first-order chi connectivity index (χ1) is 10.4. The molecule has 0 amide bonds. The fraction of sp³-hybridized carbons (Fsp3) is 0.308. The van der Waals surface area contributed by atoms with Crippen LogP contribution in [0.3, 0.4) is 0 Å². The summed E-state index contributed by atoms with van der Waals surface area (Å²) in [6.45, 7) is 0.232. The number of esters is 1. The minimum atomic E-state index is -4.50. The Morgan fingerprint density at radius 1 is 1.36 bits per heavy atom. The van der Waals surface area contributed by atoms with Gasteiger partial charge in [-0.15, -0.1) is 11.3 Å². The van der Waals surface area contributed by atoms with Gasteiger partial charge in [0, 0.05) is 6.20 Å². The first-order valence-corrected chi connectivity index (χ1v) is 6.95. The first kappa shape index (κ1) is 16.2. The van der Waals surface area contributed by atoms with Gasteiger partial charge in [-0.25, -0.2) is 14.8 Å². The third kappa shape index (κ3) is 4.42. The summed E-state index contributed by atoms with van der Waals surface area (Å²) in [7, 11) is 0.